The molecular weight excluding hydrogens is 356 g/mol. The number of carbonyl (C=O) groups is 1. The Morgan fingerprint density at radius 1 is 1.03 bits per heavy atom. The van der Waals surface area contributed by atoms with Crippen molar-refractivity contribution < 1.29 is 9.53 Å². The van der Waals surface area contributed by atoms with Crippen molar-refractivity contribution in [3.8, 4) is 5.75 Å². The van der Waals surface area contributed by atoms with Crippen LogP contribution in [-0.2, 0) is 11.2 Å². The fourth-order valence-corrected chi connectivity index (χ4v) is 6.50. The van der Waals surface area contributed by atoms with E-state index in [-0.39, 0.29) is 5.41 Å². The first-order valence-corrected chi connectivity index (χ1v) is 11.1. The number of carbonyl (C=O) groups excluding carboxylic acids is 1. The maximum absolute atomic E-state index is 13.6. The van der Waals surface area contributed by atoms with Crippen LogP contribution < -0.4 is 4.74 Å². The lowest BCUT2D eigenvalue weighted by Gasteiger charge is -2.53. The minimum Gasteiger partial charge on any atom is -0.497 e. The quantitative estimate of drug-likeness (QED) is 0.574. The van der Waals surface area contributed by atoms with Crippen molar-refractivity contribution in [3.05, 3.63) is 70.8 Å². The minimum absolute atomic E-state index is 0.190. The molecule has 2 saturated carbocycles. The topological polar surface area (TPSA) is 26.3 Å². The highest BCUT2D eigenvalue weighted by molar-refractivity contribution is 6.04. The summed E-state index contributed by atoms with van der Waals surface area (Å²) in [7, 11) is 1.74. The predicted molar refractivity (Wildman–Crippen MR) is 117 cm³/mol. The zero-order valence-corrected chi connectivity index (χ0v) is 17.5. The first-order valence-electron chi connectivity index (χ1n) is 11.1. The number of Topliss-reactive ketones (excluding diaryl/α,β-unsaturated/α-hetero) is 1. The Kier molecular flexibility index (Phi) is 4.61. The normalized spacial score (nSPS) is 32.3. The van der Waals surface area contributed by atoms with Gasteiger partial charge in [-0.25, -0.2) is 0 Å². The van der Waals surface area contributed by atoms with Gasteiger partial charge < -0.3 is 4.74 Å². The Labute approximate surface area is 174 Å². The highest BCUT2D eigenvalue weighted by Crippen LogP contribution is 2.59. The number of ketones is 1. The Morgan fingerprint density at radius 3 is 2.66 bits per heavy atom. The largest absolute Gasteiger partial charge is 0.497 e. The third-order valence-corrected chi connectivity index (χ3v) is 8.00. The van der Waals surface area contributed by atoms with Crippen molar-refractivity contribution in [2.75, 3.05) is 7.11 Å². The highest BCUT2D eigenvalue weighted by Gasteiger charge is 2.53. The lowest BCUT2D eigenvalue weighted by Crippen LogP contribution is -2.49. The summed E-state index contributed by atoms with van der Waals surface area (Å²) >= 11 is 0. The number of fused-ring (bicyclic) bond motifs is 5. The summed E-state index contributed by atoms with van der Waals surface area (Å²) in [6, 6.07) is 16.9. The molecule has 5 rings (SSSR count). The molecule has 2 heteroatoms. The smallest absolute Gasteiger partial charge is 0.165 e. The molecule has 0 aromatic heterocycles. The number of ether oxygens (including phenoxy) is 1. The summed E-state index contributed by atoms with van der Waals surface area (Å²) < 4.78 is 5.44. The van der Waals surface area contributed by atoms with Gasteiger partial charge in [0.05, 0.1) is 7.11 Å². The summed E-state index contributed by atoms with van der Waals surface area (Å²) in [4.78, 5) is 13.6. The summed E-state index contributed by atoms with van der Waals surface area (Å²) in [6.07, 6.45) is 8.66. The number of benzene rings is 2. The average molecular weight is 387 g/mol. The molecule has 3 aliphatic carbocycles. The average Bonchev–Trinajstić information content (AvgIpc) is 2.76. The third kappa shape index (κ3) is 3.04. The molecule has 2 nitrogen and oxygen atoms in total. The van der Waals surface area contributed by atoms with Crippen molar-refractivity contribution in [2.45, 2.75) is 51.4 Å². The molecule has 2 aromatic rings. The van der Waals surface area contributed by atoms with Crippen molar-refractivity contribution in [1.29, 1.82) is 0 Å². The van der Waals surface area contributed by atoms with E-state index in [2.05, 4.69) is 43.3 Å². The van der Waals surface area contributed by atoms with Gasteiger partial charge in [0.2, 0.25) is 0 Å². The SMILES string of the molecule is COc1ccc2c(c1)CCC1C2CCC2(C)C(=O)/C(=C/c3ccccc3)CCC12. The lowest BCUT2D eigenvalue weighted by molar-refractivity contribution is -0.134. The van der Waals surface area contributed by atoms with E-state index in [1.165, 1.54) is 17.5 Å². The molecule has 0 saturated heterocycles. The molecule has 4 unspecified atom stereocenters. The first kappa shape index (κ1) is 18.7. The Morgan fingerprint density at radius 2 is 1.86 bits per heavy atom. The fourth-order valence-electron chi connectivity index (χ4n) is 6.50. The van der Waals surface area contributed by atoms with E-state index in [0.29, 0.717) is 23.5 Å². The molecule has 0 amide bonds. The molecule has 0 N–H and O–H groups in total. The zero-order valence-electron chi connectivity index (χ0n) is 17.5. The predicted octanol–water partition coefficient (Wildman–Crippen LogP) is 6.20. The maximum atomic E-state index is 13.6. The van der Waals surface area contributed by atoms with E-state index in [9.17, 15) is 4.79 Å². The van der Waals surface area contributed by atoms with Gasteiger partial charge in [0.15, 0.2) is 5.78 Å². The van der Waals surface area contributed by atoms with Crippen LogP contribution in [0.2, 0.25) is 0 Å². The minimum atomic E-state index is -0.190. The van der Waals surface area contributed by atoms with Gasteiger partial charge in [-0.3, -0.25) is 4.79 Å². The second kappa shape index (κ2) is 7.16. The number of rotatable bonds is 2. The fraction of sp³-hybridized carbons (Fsp3) is 0.444. The molecule has 2 fully saturated rings. The molecule has 2 aromatic carbocycles. The van der Waals surface area contributed by atoms with Crippen LogP contribution >= 0.6 is 0 Å². The van der Waals surface area contributed by atoms with Crippen LogP contribution in [0.4, 0.5) is 0 Å². The second-order valence-corrected chi connectivity index (χ2v) is 9.38. The van der Waals surface area contributed by atoms with E-state index in [4.69, 9.17) is 4.74 Å². The highest BCUT2D eigenvalue weighted by atomic mass is 16.5. The third-order valence-electron chi connectivity index (χ3n) is 8.00. The molecule has 0 spiro atoms. The molecule has 0 aliphatic heterocycles. The van der Waals surface area contributed by atoms with E-state index in [0.717, 1.165) is 49.0 Å². The number of methoxy groups -OCH3 is 1. The van der Waals surface area contributed by atoms with Crippen molar-refractivity contribution in [3.63, 3.8) is 0 Å². The van der Waals surface area contributed by atoms with Crippen LogP contribution in [0, 0.1) is 17.3 Å². The molecular formula is C27H30O2. The van der Waals surface area contributed by atoms with Crippen molar-refractivity contribution in [1.82, 2.24) is 0 Å². The molecule has 0 bridgehead atoms. The van der Waals surface area contributed by atoms with E-state index in [1.807, 2.05) is 18.2 Å². The molecule has 0 heterocycles. The molecule has 3 aliphatic rings. The van der Waals surface area contributed by atoms with Crippen LogP contribution in [-0.4, -0.2) is 12.9 Å². The number of aryl methyl sites for hydroxylation is 1. The zero-order chi connectivity index (χ0) is 20.0. The van der Waals surface area contributed by atoms with E-state index >= 15 is 0 Å². The van der Waals surface area contributed by atoms with Crippen LogP contribution in [0.1, 0.15) is 61.6 Å². The molecule has 0 radical (unpaired) electrons. The van der Waals surface area contributed by atoms with Gasteiger partial charge >= 0.3 is 0 Å². The van der Waals surface area contributed by atoms with Crippen LogP contribution in [0.3, 0.4) is 0 Å². The summed E-state index contributed by atoms with van der Waals surface area (Å²) in [6.45, 7) is 2.26. The van der Waals surface area contributed by atoms with Gasteiger partial charge in [-0.2, -0.15) is 0 Å². The Bertz CT molecular complexity index is 958. The van der Waals surface area contributed by atoms with Crippen molar-refractivity contribution in [2.24, 2.45) is 17.3 Å². The standard InChI is InChI=1S/C27H30O2/c1-27-15-14-23-22-12-10-21(29-2)17-19(22)8-11-24(23)25(27)13-9-20(26(27)28)16-18-6-4-3-5-7-18/h3-7,10,12,16-17,23-25H,8-9,11,13-15H2,1-2H3/b20-16+. The van der Waals surface area contributed by atoms with Crippen LogP contribution in [0.15, 0.2) is 54.1 Å². The summed E-state index contributed by atoms with van der Waals surface area (Å²) in [5.41, 5.74) is 4.97. The van der Waals surface area contributed by atoms with Gasteiger partial charge in [-0.15, -0.1) is 0 Å². The number of hydrogen-bond donors (Lipinski definition) is 0. The summed E-state index contributed by atoms with van der Waals surface area (Å²) in [5.74, 6) is 3.13. The van der Waals surface area contributed by atoms with Crippen LogP contribution in [0.5, 0.6) is 5.75 Å². The van der Waals surface area contributed by atoms with E-state index in [1.54, 1.807) is 7.11 Å². The molecule has 4 atom stereocenters. The summed E-state index contributed by atoms with van der Waals surface area (Å²) in [5, 5.41) is 0. The Hall–Kier alpha value is -2.35. The van der Waals surface area contributed by atoms with E-state index < -0.39 is 0 Å². The molecule has 29 heavy (non-hydrogen) atoms. The van der Waals surface area contributed by atoms with Gasteiger partial charge in [0.1, 0.15) is 5.75 Å². The Balaban J connectivity index is 1.44. The van der Waals surface area contributed by atoms with Gasteiger partial charge in [-0.1, -0.05) is 43.3 Å². The van der Waals surface area contributed by atoms with Gasteiger partial charge in [0.25, 0.3) is 0 Å². The van der Waals surface area contributed by atoms with Gasteiger partial charge in [0, 0.05) is 5.41 Å². The number of allylic oxidation sites excluding steroid dienone is 1. The second-order valence-electron chi connectivity index (χ2n) is 9.38. The monoisotopic (exact) mass is 386 g/mol. The lowest BCUT2D eigenvalue weighted by atomic mass is 9.50. The first-order chi connectivity index (χ1) is 14.1. The van der Waals surface area contributed by atoms with Crippen LogP contribution in [0.25, 0.3) is 6.08 Å². The number of hydrogen-bond acceptors (Lipinski definition) is 2. The van der Waals surface area contributed by atoms with Gasteiger partial charge in [-0.05, 0) is 96.8 Å². The maximum Gasteiger partial charge on any atom is 0.165 e. The molecule has 150 valence electrons. The van der Waals surface area contributed by atoms with Crippen molar-refractivity contribution >= 4 is 11.9 Å².